The number of ether oxygens (including phenoxy) is 1. The fraction of sp³-hybridized carbons (Fsp3) is 0.409. The highest BCUT2D eigenvalue weighted by atomic mass is 32.2. The zero-order valence-electron chi connectivity index (χ0n) is 16.7. The Hall–Kier alpha value is -2.22. The number of fused-ring (bicyclic) bond motifs is 2. The standard InChI is InChI=1S/C22H26N2O4S/c1-3-17-7-9-18(10-8-17)22(25)23-12-19-14-24(15-20(13-23)28-19)29(26,27)21-6-4-5-16(2)11-21/h4-11,19-20H,3,12-15H2,1-2H3. The van der Waals surface area contributed by atoms with Crippen LogP contribution >= 0.6 is 0 Å². The maximum absolute atomic E-state index is 13.1. The van der Waals surface area contributed by atoms with Crippen LogP contribution in [0.1, 0.15) is 28.4 Å². The van der Waals surface area contributed by atoms with E-state index in [4.69, 9.17) is 4.74 Å². The van der Waals surface area contributed by atoms with Gasteiger partial charge in [-0.05, 0) is 48.7 Å². The van der Waals surface area contributed by atoms with Crippen molar-refractivity contribution in [3.05, 3.63) is 65.2 Å². The monoisotopic (exact) mass is 414 g/mol. The molecule has 0 spiro atoms. The molecule has 7 heteroatoms. The van der Waals surface area contributed by atoms with Crippen LogP contribution < -0.4 is 0 Å². The molecule has 2 heterocycles. The van der Waals surface area contributed by atoms with Crippen LogP contribution in [0, 0.1) is 6.92 Å². The van der Waals surface area contributed by atoms with Crippen LogP contribution in [-0.2, 0) is 21.2 Å². The molecule has 0 radical (unpaired) electrons. The van der Waals surface area contributed by atoms with Gasteiger partial charge >= 0.3 is 0 Å². The number of sulfonamides is 1. The number of hydrogen-bond donors (Lipinski definition) is 0. The highest BCUT2D eigenvalue weighted by molar-refractivity contribution is 7.89. The van der Waals surface area contributed by atoms with Crippen LogP contribution in [0.25, 0.3) is 0 Å². The number of nitrogens with zero attached hydrogens (tertiary/aromatic N) is 2. The molecule has 154 valence electrons. The van der Waals surface area contributed by atoms with Gasteiger partial charge < -0.3 is 9.64 Å². The van der Waals surface area contributed by atoms with Gasteiger partial charge in [0.05, 0.1) is 17.1 Å². The number of morpholine rings is 2. The molecule has 2 aliphatic heterocycles. The summed E-state index contributed by atoms with van der Waals surface area (Å²) in [5.41, 5.74) is 2.76. The second-order valence-corrected chi connectivity index (χ2v) is 9.72. The lowest BCUT2D eigenvalue weighted by Gasteiger charge is -2.45. The molecule has 0 aromatic heterocycles. The van der Waals surface area contributed by atoms with Gasteiger partial charge in [-0.1, -0.05) is 31.2 Å². The SMILES string of the molecule is CCc1ccc(C(=O)N2CC3CN(S(=O)(=O)c4cccc(C)c4)CC(C2)O3)cc1. The summed E-state index contributed by atoms with van der Waals surface area (Å²) in [5.74, 6) is -0.0269. The lowest BCUT2D eigenvalue weighted by molar-refractivity contribution is -0.113. The van der Waals surface area contributed by atoms with Crippen molar-refractivity contribution < 1.29 is 17.9 Å². The lowest BCUT2D eigenvalue weighted by Crippen LogP contribution is -2.61. The Morgan fingerprint density at radius 1 is 1.03 bits per heavy atom. The summed E-state index contributed by atoms with van der Waals surface area (Å²) < 4.78 is 33.6. The van der Waals surface area contributed by atoms with Crippen molar-refractivity contribution in [3.8, 4) is 0 Å². The molecule has 2 saturated heterocycles. The first-order chi connectivity index (χ1) is 13.9. The zero-order chi connectivity index (χ0) is 20.6. The molecule has 2 aliphatic rings. The summed E-state index contributed by atoms with van der Waals surface area (Å²) in [6.45, 7) is 5.26. The largest absolute Gasteiger partial charge is 0.369 e. The first kappa shape index (κ1) is 20.1. The molecule has 2 atom stereocenters. The first-order valence-corrected chi connectivity index (χ1v) is 11.4. The molecular weight excluding hydrogens is 388 g/mol. The molecule has 0 saturated carbocycles. The van der Waals surface area contributed by atoms with Crippen molar-refractivity contribution in [1.29, 1.82) is 0 Å². The second-order valence-electron chi connectivity index (χ2n) is 7.78. The minimum Gasteiger partial charge on any atom is -0.369 e. The van der Waals surface area contributed by atoms with E-state index < -0.39 is 10.0 Å². The van der Waals surface area contributed by atoms with Crippen molar-refractivity contribution in [2.45, 2.75) is 37.4 Å². The Labute approximate surface area is 172 Å². The number of aryl methyl sites for hydroxylation is 2. The van der Waals surface area contributed by atoms with Crippen molar-refractivity contribution in [2.24, 2.45) is 0 Å². The molecule has 29 heavy (non-hydrogen) atoms. The van der Waals surface area contributed by atoms with E-state index in [-0.39, 0.29) is 31.2 Å². The summed E-state index contributed by atoms with van der Waals surface area (Å²) in [6.07, 6.45) is 0.295. The third-order valence-electron chi connectivity index (χ3n) is 5.57. The Bertz CT molecular complexity index is 990. The lowest BCUT2D eigenvalue weighted by atomic mass is 10.1. The quantitative estimate of drug-likeness (QED) is 0.771. The van der Waals surface area contributed by atoms with Crippen LogP contribution in [0.4, 0.5) is 0 Å². The molecule has 6 nitrogen and oxygen atoms in total. The van der Waals surface area contributed by atoms with E-state index in [2.05, 4.69) is 6.92 Å². The van der Waals surface area contributed by atoms with E-state index in [0.29, 0.717) is 23.5 Å². The topological polar surface area (TPSA) is 66.9 Å². The van der Waals surface area contributed by atoms with Crippen molar-refractivity contribution in [2.75, 3.05) is 26.2 Å². The van der Waals surface area contributed by atoms with Gasteiger partial charge in [0, 0.05) is 31.7 Å². The van der Waals surface area contributed by atoms with Crippen molar-refractivity contribution >= 4 is 15.9 Å². The van der Waals surface area contributed by atoms with Crippen LogP contribution in [0.2, 0.25) is 0 Å². The number of amides is 1. The van der Waals surface area contributed by atoms with Gasteiger partial charge in [0.1, 0.15) is 0 Å². The highest BCUT2D eigenvalue weighted by Gasteiger charge is 2.41. The zero-order valence-corrected chi connectivity index (χ0v) is 17.6. The Morgan fingerprint density at radius 3 is 2.28 bits per heavy atom. The minimum absolute atomic E-state index is 0.0269. The number of benzene rings is 2. The molecule has 2 unspecified atom stereocenters. The normalized spacial score (nSPS) is 22.5. The average molecular weight is 415 g/mol. The Balaban J connectivity index is 1.48. The molecule has 2 aromatic carbocycles. The first-order valence-electron chi connectivity index (χ1n) is 9.97. The van der Waals surface area contributed by atoms with Gasteiger partial charge in [-0.15, -0.1) is 0 Å². The number of carbonyl (C=O) groups excluding carboxylic acids is 1. The molecule has 0 N–H and O–H groups in total. The van der Waals surface area contributed by atoms with Gasteiger partial charge in [0.25, 0.3) is 5.91 Å². The fourth-order valence-electron chi connectivity index (χ4n) is 4.01. The average Bonchev–Trinajstić information content (AvgIpc) is 2.72. The van der Waals surface area contributed by atoms with Crippen LogP contribution in [0.15, 0.2) is 53.4 Å². The molecule has 1 amide bonds. The highest BCUT2D eigenvalue weighted by Crippen LogP contribution is 2.26. The van der Waals surface area contributed by atoms with E-state index in [1.54, 1.807) is 23.1 Å². The van der Waals surface area contributed by atoms with Gasteiger partial charge in [-0.25, -0.2) is 8.42 Å². The summed E-state index contributed by atoms with van der Waals surface area (Å²) in [4.78, 5) is 15.0. The smallest absolute Gasteiger partial charge is 0.254 e. The second kappa shape index (κ2) is 7.89. The van der Waals surface area contributed by atoms with Crippen LogP contribution in [0.3, 0.4) is 0 Å². The summed E-state index contributed by atoms with van der Waals surface area (Å²) >= 11 is 0. The van der Waals surface area contributed by atoms with Gasteiger partial charge in [-0.3, -0.25) is 4.79 Å². The molecule has 2 fully saturated rings. The minimum atomic E-state index is -3.57. The number of rotatable bonds is 4. The van der Waals surface area contributed by atoms with E-state index in [1.165, 1.54) is 9.87 Å². The predicted octanol–water partition coefficient (Wildman–Crippen LogP) is 2.47. The van der Waals surface area contributed by atoms with Gasteiger partial charge in [0.2, 0.25) is 10.0 Å². The molecule has 4 rings (SSSR count). The van der Waals surface area contributed by atoms with E-state index in [9.17, 15) is 13.2 Å². The van der Waals surface area contributed by atoms with Crippen LogP contribution in [-0.4, -0.2) is 61.9 Å². The summed E-state index contributed by atoms with van der Waals surface area (Å²) in [7, 11) is -3.57. The number of carbonyl (C=O) groups is 1. The Morgan fingerprint density at radius 2 is 1.69 bits per heavy atom. The van der Waals surface area contributed by atoms with E-state index >= 15 is 0 Å². The van der Waals surface area contributed by atoms with Crippen molar-refractivity contribution in [1.82, 2.24) is 9.21 Å². The fourth-order valence-corrected chi connectivity index (χ4v) is 5.62. The van der Waals surface area contributed by atoms with Gasteiger partial charge in [0.15, 0.2) is 0 Å². The third kappa shape index (κ3) is 4.08. The summed E-state index contributed by atoms with van der Waals surface area (Å²) in [6, 6.07) is 14.6. The maximum Gasteiger partial charge on any atom is 0.254 e. The van der Waals surface area contributed by atoms with Crippen LogP contribution in [0.5, 0.6) is 0 Å². The molecule has 0 aliphatic carbocycles. The molecule has 2 bridgehead atoms. The van der Waals surface area contributed by atoms with E-state index in [0.717, 1.165) is 12.0 Å². The number of hydrogen-bond acceptors (Lipinski definition) is 4. The van der Waals surface area contributed by atoms with Crippen molar-refractivity contribution in [3.63, 3.8) is 0 Å². The Kier molecular flexibility index (Phi) is 5.46. The summed E-state index contributed by atoms with van der Waals surface area (Å²) in [5, 5.41) is 0. The predicted molar refractivity (Wildman–Crippen MR) is 110 cm³/mol. The van der Waals surface area contributed by atoms with Gasteiger partial charge in [-0.2, -0.15) is 4.31 Å². The van der Waals surface area contributed by atoms with E-state index in [1.807, 2.05) is 37.3 Å². The third-order valence-corrected chi connectivity index (χ3v) is 7.40. The maximum atomic E-state index is 13.1. The molecule has 2 aromatic rings. The molecular formula is C22H26N2O4S.